The van der Waals surface area contributed by atoms with Crippen LogP contribution in [0.4, 0.5) is 15.0 Å². The van der Waals surface area contributed by atoms with Crippen molar-refractivity contribution in [3.63, 3.8) is 0 Å². The minimum atomic E-state index is -3.08. The summed E-state index contributed by atoms with van der Waals surface area (Å²) in [5, 5.41) is 9.85. The fraction of sp³-hybridized carbons (Fsp3) is 0.273. The van der Waals surface area contributed by atoms with Crippen molar-refractivity contribution in [2.45, 2.75) is 25.9 Å². The lowest BCUT2D eigenvalue weighted by atomic mass is 10.2. The maximum absolute atomic E-state index is 13.8. The largest absolute Gasteiger partial charge is 0.454 e. The quantitative estimate of drug-likeness (QED) is 0.585. The number of benzene rings is 2. The fourth-order valence-electron chi connectivity index (χ4n) is 3.57. The molecule has 3 aromatic rings. The topological polar surface area (TPSA) is 102 Å². The SMILES string of the molecule is Cc1cc(NC(=O)NCc2cccc(Oc3ccccc3F)c2)n(C2CCS(=O)(=O)C2)n1. The van der Waals surface area contributed by atoms with Crippen LogP contribution in [0.5, 0.6) is 11.5 Å². The Kier molecular flexibility index (Phi) is 6.13. The van der Waals surface area contributed by atoms with Gasteiger partial charge in [-0.05, 0) is 43.2 Å². The van der Waals surface area contributed by atoms with Crippen molar-refractivity contribution in [2.24, 2.45) is 0 Å². The standard InChI is InChI=1S/C22H23FN4O4S/c1-15-11-21(27(26-15)17-9-10-32(29,30)14-17)25-22(28)24-13-16-5-4-6-18(12-16)31-20-8-3-2-7-19(20)23/h2-8,11-12,17H,9-10,13-14H2,1H3,(H2,24,25,28). The van der Waals surface area contributed by atoms with Gasteiger partial charge in [0.2, 0.25) is 0 Å². The van der Waals surface area contributed by atoms with Gasteiger partial charge in [0, 0.05) is 12.6 Å². The van der Waals surface area contributed by atoms with Gasteiger partial charge in [-0.25, -0.2) is 22.3 Å². The molecule has 0 aliphatic carbocycles. The third-order valence-electron chi connectivity index (χ3n) is 5.07. The molecule has 1 fully saturated rings. The van der Waals surface area contributed by atoms with Gasteiger partial charge in [0.15, 0.2) is 21.4 Å². The van der Waals surface area contributed by atoms with Crippen LogP contribution in [-0.2, 0) is 16.4 Å². The zero-order valence-electron chi connectivity index (χ0n) is 17.4. The molecule has 2 amide bonds. The average molecular weight is 459 g/mol. The number of anilines is 1. The predicted octanol–water partition coefficient (Wildman–Crippen LogP) is 3.80. The van der Waals surface area contributed by atoms with Crippen molar-refractivity contribution in [3.05, 3.63) is 71.7 Å². The summed E-state index contributed by atoms with van der Waals surface area (Å²) < 4.78 is 44.6. The summed E-state index contributed by atoms with van der Waals surface area (Å²) in [6.45, 7) is 2.00. The number of hydrogen-bond donors (Lipinski definition) is 2. The molecule has 0 bridgehead atoms. The van der Waals surface area contributed by atoms with Crippen molar-refractivity contribution < 1.29 is 22.3 Å². The summed E-state index contributed by atoms with van der Waals surface area (Å²) in [7, 11) is -3.08. The van der Waals surface area contributed by atoms with E-state index in [4.69, 9.17) is 4.74 Å². The number of para-hydroxylation sites is 1. The maximum Gasteiger partial charge on any atom is 0.320 e. The minimum Gasteiger partial charge on any atom is -0.454 e. The highest BCUT2D eigenvalue weighted by Crippen LogP contribution is 2.27. The van der Waals surface area contributed by atoms with Crippen molar-refractivity contribution in [3.8, 4) is 11.5 Å². The number of hydrogen-bond acceptors (Lipinski definition) is 5. The van der Waals surface area contributed by atoms with Gasteiger partial charge in [-0.2, -0.15) is 5.10 Å². The molecule has 10 heteroatoms. The van der Waals surface area contributed by atoms with Gasteiger partial charge in [0.1, 0.15) is 11.6 Å². The lowest BCUT2D eigenvalue weighted by Gasteiger charge is -2.14. The number of sulfone groups is 1. The highest BCUT2D eigenvalue weighted by molar-refractivity contribution is 7.91. The van der Waals surface area contributed by atoms with Gasteiger partial charge in [0.05, 0.1) is 23.2 Å². The molecule has 2 aromatic carbocycles. The number of aromatic nitrogens is 2. The molecule has 1 aliphatic rings. The van der Waals surface area contributed by atoms with E-state index in [2.05, 4.69) is 15.7 Å². The zero-order chi connectivity index (χ0) is 22.7. The molecule has 0 spiro atoms. The molecule has 1 aliphatic heterocycles. The van der Waals surface area contributed by atoms with Crippen LogP contribution in [0.25, 0.3) is 0 Å². The molecule has 2 N–H and O–H groups in total. The van der Waals surface area contributed by atoms with E-state index in [-0.39, 0.29) is 29.8 Å². The molecular weight excluding hydrogens is 435 g/mol. The molecule has 1 aromatic heterocycles. The minimum absolute atomic E-state index is 0.0131. The number of nitrogens with one attached hydrogen (secondary N) is 2. The van der Waals surface area contributed by atoms with Gasteiger partial charge in [-0.1, -0.05) is 24.3 Å². The zero-order valence-corrected chi connectivity index (χ0v) is 18.2. The Labute approximate surface area is 185 Å². The first-order valence-electron chi connectivity index (χ1n) is 10.1. The van der Waals surface area contributed by atoms with Gasteiger partial charge in [0.25, 0.3) is 0 Å². The fourth-order valence-corrected chi connectivity index (χ4v) is 5.26. The molecule has 1 atom stereocenters. The van der Waals surface area contributed by atoms with E-state index >= 15 is 0 Å². The second-order valence-corrected chi connectivity index (χ2v) is 9.89. The monoisotopic (exact) mass is 458 g/mol. The molecule has 0 saturated carbocycles. The molecular formula is C22H23FN4O4S. The predicted molar refractivity (Wildman–Crippen MR) is 118 cm³/mol. The van der Waals surface area contributed by atoms with E-state index in [1.807, 2.05) is 6.07 Å². The first-order valence-corrected chi connectivity index (χ1v) is 11.9. The third kappa shape index (κ3) is 5.25. The third-order valence-corrected chi connectivity index (χ3v) is 6.82. The second kappa shape index (κ2) is 8.99. The second-order valence-electron chi connectivity index (χ2n) is 7.66. The van der Waals surface area contributed by atoms with Crippen LogP contribution in [0.2, 0.25) is 0 Å². The normalized spacial score (nSPS) is 17.1. The van der Waals surface area contributed by atoms with Crippen LogP contribution in [0, 0.1) is 12.7 Å². The number of carbonyl (C=O) groups excluding carboxylic acids is 1. The number of aryl methyl sites for hydroxylation is 1. The van der Waals surface area contributed by atoms with Gasteiger partial charge >= 0.3 is 6.03 Å². The molecule has 1 unspecified atom stereocenters. The molecule has 1 saturated heterocycles. The van der Waals surface area contributed by atoms with Crippen LogP contribution in [0.3, 0.4) is 0 Å². The summed E-state index contributed by atoms with van der Waals surface area (Å²) in [6.07, 6.45) is 0.467. The summed E-state index contributed by atoms with van der Waals surface area (Å²) in [5.41, 5.74) is 1.45. The number of rotatable bonds is 6. The van der Waals surface area contributed by atoms with E-state index in [1.54, 1.807) is 48.0 Å². The molecule has 168 valence electrons. The van der Waals surface area contributed by atoms with E-state index < -0.39 is 21.7 Å². The molecule has 0 radical (unpaired) electrons. The Bertz CT molecular complexity index is 1240. The van der Waals surface area contributed by atoms with Crippen molar-refractivity contribution in [1.82, 2.24) is 15.1 Å². The summed E-state index contributed by atoms with van der Waals surface area (Å²) in [5.74, 6) is 0.683. The van der Waals surface area contributed by atoms with Gasteiger partial charge in [-0.15, -0.1) is 0 Å². The number of urea groups is 1. The highest BCUT2D eigenvalue weighted by Gasteiger charge is 2.31. The number of amides is 2. The Hall–Kier alpha value is -3.40. The van der Waals surface area contributed by atoms with Crippen molar-refractivity contribution in [2.75, 3.05) is 16.8 Å². The molecule has 2 heterocycles. The van der Waals surface area contributed by atoms with Crippen molar-refractivity contribution in [1.29, 1.82) is 0 Å². The highest BCUT2D eigenvalue weighted by atomic mass is 32.2. The smallest absolute Gasteiger partial charge is 0.320 e. The first-order chi connectivity index (χ1) is 15.3. The summed E-state index contributed by atoms with van der Waals surface area (Å²) >= 11 is 0. The Morgan fingerprint density at radius 2 is 2.03 bits per heavy atom. The van der Waals surface area contributed by atoms with E-state index in [0.717, 1.165) is 5.56 Å². The van der Waals surface area contributed by atoms with E-state index in [1.165, 1.54) is 12.1 Å². The number of ether oxygens (including phenoxy) is 1. The van der Waals surface area contributed by atoms with Crippen LogP contribution < -0.4 is 15.4 Å². The lowest BCUT2D eigenvalue weighted by Crippen LogP contribution is -2.30. The Morgan fingerprint density at radius 3 is 2.78 bits per heavy atom. The lowest BCUT2D eigenvalue weighted by molar-refractivity contribution is 0.251. The number of carbonyl (C=O) groups is 1. The number of halogens is 1. The van der Waals surface area contributed by atoms with Gasteiger partial charge in [-0.3, -0.25) is 5.32 Å². The maximum atomic E-state index is 13.8. The Morgan fingerprint density at radius 1 is 1.22 bits per heavy atom. The molecule has 32 heavy (non-hydrogen) atoms. The van der Waals surface area contributed by atoms with Gasteiger partial charge < -0.3 is 10.1 Å². The van der Waals surface area contributed by atoms with Crippen LogP contribution in [-0.4, -0.2) is 35.7 Å². The van der Waals surface area contributed by atoms with E-state index in [9.17, 15) is 17.6 Å². The van der Waals surface area contributed by atoms with Crippen LogP contribution >= 0.6 is 0 Å². The van der Waals surface area contributed by atoms with Crippen LogP contribution in [0.15, 0.2) is 54.6 Å². The van der Waals surface area contributed by atoms with E-state index in [0.29, 0.717) is 23.7 Å². The summed E-state index contributed by atoms with van der Waals surface area (Å²) in [6, 6.07) is 14.1. The first kappa shape index (κ1) is 21.8. The summed E-state index contributed by atoms with van der Waals surface area (Å²) in [4.78, 5) is 12.4. The molecule has 4 rings (SSSR count). The van der Waals surface area contributed by atoms with Crippen LogP contribution in [0.1, 0.15) is 23.7 Å². The average Bonchev–Trinajstić information content (AvgIpc) is 3.29. The Balaban J connectivity index is 1.38. The molecule has 8 nitrogen and oxygen atoms in total. The number of nitrogens with zero attached hydrogens (tertiary/aromatic N) is 2. The van der Waals surface area contributed by atoms with Crippen molar-refractivity contribution >= 4 is 21.7 Å².